The smallest absolute Gasteiger partial charge is 0.173 e. The number of hydrogen-bond donors (Lipinski definition) is 1. The van der Waals surface area contributed by atoms with E-state index in [0.29, 0.717) is 5.69 Å². The topological polar surface area (TPSA) is 54.8 Å². The molecule has 1 N–H and O–H groups in total. The van der Waals surface area contributed by atoms with Gasteiger partial charge in [0.2, 0.25) is 0 Å². The minimum absolute atomic E-state index is 0.240. The Morgan fingerprint density at radius 2 is 2.50 bits per heavy atom. The molecule has 0 bridgehead atoms. The molecule has 2 rings (SSSR count). The molecular formula is C6H5N3O. The van der Waals surface area contributed by atoms with E-state index in [1.54, 1.807) is 12.1 Å². The van der Waals surface area contributed by atoms with Gasteiger partial charge in [-0.15, -0.1) is 0 Å². The highest BCUT2D eigenvalue weighted by molar-refractivity contribution is 5.24. The van der Waals surface area contributed by atoms with Crippen molar-refractivity contribution >= 4 is 0 Å². The third kappa shape index (κ3) is 0.556. The summed E-state index contributed by atoms with van der Waals surface area (Å²) in [5.41, 5.74) is 0.923. The number of imidazole rings is 1. The molecule has 0 fully saturated rings. The number of aromatic nitrogens is 2. The first kappa shape index (κ1) is 5.22. The molecule has 0 unspecified atom stereocenters. The molecule has 0 atom stereocenters. The highest BCUT2D eigenvalue weighted by Gasteiger charge is 2.01. The van der Waals surface area contributed by atoms with Gasteiger partial charge in [-0.3, -0.25) is 5.41 Å². The SMILES string of the molecule is N=c1ncn2occcc1-2. The van der Waals surface area contributed by atoms with Crippen LogP contribution in [-0.4, -0.2) is 9.72 Å². The Morgan fingerprint density at radius 3 is 3.30 bits per heavy atom. The van der Waals surface area contributed by atoms with Gasteiger partial charge in [-0.25, -0.2) is 4.98 Å². The van der Waals surface area contributed by atoms with E-state index in [4.69, 9.17) is 9.93 Å². The fourth-order valence-corrected chi connectivity index (χ4v) is 0.810. The van der Waals surface area contributed by atoms with E-state index in [-0.39, 0.29) is 5.49 Å². The van der Waals surface area contributed by atoms with E-state index in [1.165, 1.54) is 17.3 Å². The zero-order valence-corrected chi connectivity index (χ0v) is 5.11. The predicted molar refractivity (Wildman–Crippen MR) is 32.9 cm³/mol. The van der Waals surface area contributed by atoms with Crippen LogP contribution in [0.2, 0.25) is 0 Å². The average Bonchev–Trinajstić information content (AvgIpc) is 2.34. The van der Waals surface area contributed by atoms with Crippen LogP contribution in [0.3, 0.4) is 0 Å². The zero-order chi connectivity index (χ0) is 6.97. The molecule has 0 aliphatic carbocycles. The van der Waals surface area contributed by atoms with Crippen molar-refractivity contribution in [3.63, 3.8) is 0 Å². The molecule has 2 heterocycles. The minimum atomic E-state index is 0.240. The van der Waals surface area contributed by atoms with Crippen molar-refractivity contribution in [3.8, 4) is 5.69 Å². The third-order valence-corrected chi connectivity index (χ3v) is 1.28. The quantitative estimate of drug-likeness (QED) is 0.567. The summed E-state index contributed by atoms with van der Waals surface area (Å²) in [6, 6.07) is 3.51. The molecule has 0 saturated heterocycles. The number of fused-ring (bicyclic) bond motifs is 1. The van der Waals surface area contributed by atoms with Crippen LogP contribution >= 0.6 is 0 Å². The van der Waals surface area contributed by atoms with E-state index < -0.39 is 0 Å². The van der Waals surface area contributed by atoms with Gasteiger partial charge in [-0.2, -0.15) is 4.74 Å². The van der Waals surface area contributed by atoms with Crippen LogP contribution in [0.25, 0.3) is 5.69 Å². The maximum atomic E-state index is 7.25. The van der Waals surface area contributed by atoms with Gasteiger partial charge in [-0.1, -0.05) is 0 Å². The molecule has 4 heteroatoms. The van der Waals surface area contributed by atoms with Crippen LogP contribution in [0.15, 0.2) is 29.2 Å². The van der Waals surface area contributed by atoms with Gasteiger partial charge >= 0.3 is 0 Å². The Kier molecular flexibility index (Phi) is 0.887. The molecule has 50 valence electrons. The molecule has 2 aliphatic heterocycles. The maximum Gasteiger partial charge on any atom is 0.173 e. The monoisotopic (exact) mass is 135 g/mol. The van der Waals surface area contributed by atoms with Gasteiger partial charge in [0.1, 0.15) is 18.3 Å². The predicted octanol–water partition coefficient (Wildman–Crippen LogP) is 0.383. The van der Waals surface area contributed by atoms with E-state index in [1.807, 2.05) is 0 Å². The molecule has 0 amide bonds. The summed E-state index contributed by atoms with van der Waals surface area (Å²) in [6.07, 6.45) is 3.01. The van der Waals surface area contributed by atoms with Crippen molar-refractivity contribution < 1.29 is 4.52 Å². The third-order valence-electron chi connectivity index (χ3n) is 1.28. The second-order valence-corrected chi connectivity index (χ2v) is 1.90. The normalized spacial score (nSPS) is 10.4. The van der Waals surface area contributed by atoms with E-state index in [2.05, 4.69) is 4.98 Å². The van der Waals surface area contributed by atoms with Crippen molar-refractivity contribution in [2.75, 3.05) is 0 Å². The molecule has 10 heavy (non-hydrogen) atoms. The van der Waals surface area contributed by atoms with E-state index >= 15 is 0 Å². The highest BCUT2D eigenvalue weighted by Crippen LogP contribution is 2.00. The summed E-state index contributed by atoms with van der Waals surface area (Å²) in [5.74, 6) is 0. The second kappa shape index (κ2) is 1.70. The number of nitrogens with one attached hydrogen (secondary N) is 1. The molecule has 0 aromatic heterocycles. The molecule has 4 nitrogen and oxygen atoms in total. The maximum absolute atomic E-state index is 7.25. The summed E-state index contributed by atoms with van der Waals surface area (Å²) >= 11 is 0. The summed E-state index contributed by atoms with van der Waals surface area (Å²) < 4.78 is 6.41. The first-order valence-corrected chi connectivity index (χ1v) is 2.84. The summed E-state index contributed by atoms with van der Waals surface area (Å²) in [7, 11) is 0. The lowest BCUT2D eigenvalue weighted by molar-refractivity contribution is 0.327. The van der Waals surface area contributed by atoms with Crippen LogP contribution < -0.4 is 5.49 Å². The Morgan fingerprint density at radius 1 is 1.60 bits per heavy atom. The van der Waals surface area contributed by atoms with Gasteiger partial charge in [0.15, 0.2) is 5.49 Å². The van der Waals surface area contributed by atoms with Crippen molar-refractivity contribution in [3.05, 3.63) is 30.2 Å². The van der Waals surface area contributed by atoms with E-state index in [9.17, 15) is 0 Å². The van der Waals surface area contributed by atoms with Gasteiger partial charge in [-0.05, 0) is 12.1 Å². The Bertz CT molecular complexity index is 362. The first-order valence-electron chi connectivity index (χ1n) is 2.84. The van der Waals surface area contributed by atoms with Gasteiger partial charge in [0.05, 0.1) is 0 Å². The number of nitrogens with zero attached hydrogens (tertiary/aromatic N) is 2. The highest BCUT2D eigenvalue weighted by atomic mass is 16.5. The molecule has 2 aliphatic rings. The zero-order valence-electron chi connectivity index (χ0n) is 5.11. The lowest BCUT2D eigenvalue weighted by atomic mass is 10.4. The largest absolute Gasteiger partial charge is 0.381 e. The van der Waals surface area contributed by atoms with Crippen molar-refractivity contribution in [1.29, 1.82) is 5.41 Å². The van der Waals surface area contributed by atoms with Crippen LogP contribution in [0.5, 0.6) is 0 Å². The Balaban J connectivity index is 2.91. The van der Waals surface area contributed by atoms with Crippen LogP contribution in [0.1, 0.15) is 0 Å². The molecular weight excluding hydrogens is 130 g/mol. The van der Waals surface area contributed by atoms with Gasteiger partial charge in [0.25, 0.3) is 0 Å². The fourth-order valence-electron chi connectivity index (χ4n) is 0.810. The molecule has 0 radical (unpaired) electrons. The molecule has 0 saturated carbocycles. The molecule has 0 aromatic carbocycles. The number of rotatable bonds is 0. The van der Waals surface area contributed by atoms with Gasteiger partial charge in [0, 0.05) is 0 Å². The lowest BCUT2D eigenvalue weighted by Crippen LogP contribution is -2.03. The van der Waals surface area contributed by atoms with Crippen LogP contribution in [0, 0.1) is 5.41 Å². The van der Waals surface area contributed by atoms with E-state index in [0.717, 1.165) is 0 Å². The Hall–Kier alpha value is -1.58. The van der Waals surface area contributed by atoms with Crippen molar-refractivity contribution in [2.45, 2.75) is 0 Å². The minimum Gasteiger partial charge on any atom is -0.381 e. The van der Waals surface area contributed by atoms with Crippen LogP contribution in [0.4, 0.5) is 0 Å². The Labute approximate surface area is 56.5 Å². The second-order valence-electron chi connectivity index (χ2n) is 1.90. The molecule has 0 aromatic rings. The number of hydrogen-bond acceptors (Lipinski definition) is 3. The summed E-state index contributed by atoms with van der Waals surface area (Å²) in [6.45, 7) is 0. The van der Waals surface area contributed by atoms with Gasteiger partial charge < -0.3 is 4.52 Å². The van der Waals surface area contributed by atoms with Crippen molar-refractivity contribution in [1.82, 2.24) is 9.72 Å². The summed E-state index contributed by atoms with van der Waals surface area (Å²) in [4.78, 5) is 3.73. The molecule has 0 spiro atoms. The van der Waals surface area contributed by atoms with Crippen LogP contribution in [-0.2, 0) is 0 Å². The first-order chi connectivity index (χ1) is 4.88. The average molecular weight is 135 g/mol. The fraction of sp³-hybridized carbons (Fsp3) is 0. The standard InChI is InChI=1S/C6H5N3O/c7-6-5-2-1-3-10-9(5)4-8-6/h1-4,7H. The summed E-state index contributed by atoms with van der Waals surface area (Å²) in [5, 5.41) is 7.25. The van der Waals surface area contributed by atoms with Crippen molar-refractivity contribution in [2.24, 2.45) is 0 Å². The lowest BCUT2D eigenvalue weighted by Gasteiger charge is -1.95.